The fourth-order valence-corrected chi connectivity index (χ4v) is 2.53. The van der Waals surface area contributed by atoms with Crippen LogP contribution in [-0.2, 0) is 4.74 Å². The van der Waals surface area contributed by atoms with Crippen molar-refractivity contribution in [3.63, 3.8) is 0 Å². The zero-order chi connectivity index (χ0) is 12.0. The predicted molar refractivity (Wildman–Crippen MR) is 65.6 cm³/mol. The molecule has 0 amide bonds. The second-order valence-corrected chi connectivity index (χ2v) is 4.84. The number of hydrogen-bond acceptors (Lipinski definition) is 4. The maximum atomic E-state index is 9.67. The summed E-state index contributed by atoms with van der Waals surface area (Å²) in [6, 6.07) is 1.31. The van der Waals surface area contributed by atoms with E-state index in [4.69, 9.17) is 4.74 Å². The minimum Gasteiger partial charge on any atom is -0.389 e. The number of aliphatic hydroxyl groups excluding tert-OH is 1. The van der Waals surface area contributed by atoms with Crippen LogP contribution in [0.25, 0.3) is 0 Å². The highest BCUT2D eigenvalue weighted by molar-refractivity contribution is 4.81. The first-order chi connectivity index (χ1) is 7.67. The van der Waals surface area contributed by atoms with Crippen molar-refractivity contribution in [3.05, 3.63) is 0 Å². The van der Waals surface area contributed by atoms with Gasteiger partial charge in [-0.15, -0.1) is 0 Å². The number of nitrogens with one attached hydrogen (secondary N) is 1. The van der Waals surface area contributed by atoms with E-state index in [2.05, 4.69) is 17.3 Å². The zero-order valence-electron chi connectivity index (χ0n) is 10.8. The van der Waals surface area contributed by atoms with Crippen molar-refractivity contribution in [2.45, 2.75) is 43.9 Å². The molecule has 0 bridgehead atoms. The predicted octanol–water partition coefficient (Wildman–Crippen LogP) is 0.456. The van der Waals surface area contributed by atoms with Crippen LogP contribution in [0.3, 0.4) is 0 Å². The van der Waals surface area contributed by atoms with E-state index in [9.17, 15) is 5.11 Å². The molecule has 4 nitrogen and oxygen atoms in total. The standard InChI is InChI=1S/C12H26N2O2/c1-13-10-4-6-11(7-5-10)14(2)8-12(15)9-16-3/h10-13,15H,4-9H2,1-3H3. The first-order valence-corrected chi connectivity index (χ1v) is 6.21. The molecule has 0 aromatic carbocycles. The molecule has 1 aliphatic rings. The van der Waals surface area contributed by atoms with Gasteiger partial charge >= 0.3 is 0 Å². The normalized spacial score (nSPS) is 28.3. The van der Waals surface area contributed by atoms with E-state index in [1.807, 2.05) is 7.05 Å². The Labute approximate surface area is 99.0 Å². The van der Waals surface area contributed by atoms with E-state index < -0.39 is 0 Å². The van der Waals surface area contributed by atoms with Gasteiger partial charge in [-0.1, -0.05) is 0 Å². The molecular weight excluding hydrogens is 204 g/mol. The van der Waals surface area contributed by atoms with Crippen LogP contribution in [-0.4, -0.2) is 62.6 Å². The second-order valence-electron chi connectivity index (χ2n) is 4.84. The van der Waals surface area contributed by atoms with Crippen molar-refractivity contribution < 1.29 is 9.84 Å². The molecule has 1 unspecified atom stereocenters. The summed E-state index contributed by atoms with van der Waals surface area (Å²) < 4.78 is 4.94. The van der Waals surface area contributed by atoms with Gasteiger partial charge in [0.2, 0.25) is 0 Å². The van der Waals surface area contributed by atoms with E-state index in [0.717, 1.165) is 0 Å². The van der Waals surface area contributed by atoms with Crippen molar-refractivity contribution in [2.75, 3.05) is 34.4 Å². The molecule has 0 aromatic heterocycles. The van der Waals surface area contributed by atoms with Crippen LogP contribution in [0.15, 0.2) is 0 Å². The number of aliphatic hydroxyl groups is 1. The first kappa shape index (κ1) is 13.9. The monoisotopic (exact) mass is 230 g/mol. The van der Waals surface area contributed by atoms with E-state index in [1.54, 1.807) is 7.11 Å². The molecule has 0 spiro atoms. The molecule has 1 fully saturated rings. The molecule has 4 heteroatoms. The molecule has 0 aliphatic heterocycles. The molecule has 96 valence electrons. The third kappa shape index (κ3) is 4.37. The van der Waals surface area contributed by atoms with Gasteiger partial charge < -0.3 is 20.1 Å². The highest BCUT2D eigenvalue weighted by Gasteiger charge is 2.23. The Hall–Kier alpha value is -0.160. The number of likely N-dealkylation sites (N-methyl/N-ethyl adjacent to an activating group) is 1. The minimum absolute atomic E-state index is 0.364. The van der Waals surface area contributed by atoms with Crippen LogP contribution in [0.2, 0.25) is 0 Å². The average Bonchev–Trinajstić information content (AvgIpc) is 2.29. The smallest absolute Gasteiger partial charge is 0.0900 e. The Morgan fingerprint density at radius 1 is 1.38 bits per heavy atom. The summed E-state index contributed by atoms with van der Waals surface area (Å²) in [5.74, 6) is 0. The second kappa shape index (κ2) is 7.22. The summed E-state index contributed by atoms with van der Waals surface area (Å²) >= 11 is 0. The summed E-state index contributed by atoms with van der Waals surface area (Å²) in [6.45, 7) is 1.14. The van der Waals surface area contributed by atoms with Crippen molar-refractivity contribution in [1.29, 1.82) is 0 Å². The minimum atomic E-state index is -0.364. The summed E-state index contributed by atoms with van der Waals surface area (Å²) in [6.07, 6.45) is 4.57. The lowest BCUT2D eigenvalue weighted by Crippen LogP contribution is -2.43. The van der Waals surface area contributed by atoms with Crippen LogP contribution in [0.5, 0.6) is 0 Å². The number of hydrogen-bond donors (Lipinski definition) is 2. The van der Waals surface area contributed by atoms with Gasteiger partial charge in [0.15, 0.2) is 0 Å². The van der Waals surface area contributed by atoms with Gasteiger partial charge in [-0.05, 0) is 39.8 Å². The molecule has 0 aromatic rings. The van der Waals surface area contributed by atoms with E-state index in [-0.39, 0.29) is 6.10 Å². The quantitative estimate of drug-likeness (QED) is 0.696. The Bertz CT molecular complexity index is 182. The summed E-state index contributed by atoms with van der Waals surface area (Å²) in [4.78, 5) is 2.27. The molecule has 0 radical (unpaired) electrons. The van der Waals surface area contributed by atoms with Gasteiger partial charge in [0.05, 0.1) is 12.7 Å². The summed E-state index contributed by atoms with van der Waals surface area (Å²) in [5.41, 5.74) is 0. The van der Waals surface area contributed by atoms with Crippen LogP contribution in [0, 0.1) is 0 Å². The Morgan fingerprint density at radius 3 is 2.50 bits per heavy atom. The van der Waals surface area contributed by atoms with Crippen LogP contribution in [0.1, 0.15) is 25.7 Å². The van der Waals surface area contributed by atoms with Gasteiger partial charge in [-0.2, -0.15) is 0 Å². The molecule has 16 heavy (non-hydrogen) atoms. The van der Waals surface area contributed by atoms with Gasteiger partial charge in [0.1, 0.15) is 0 Å². The fourth-order valence-electron chi connectivity index (χ4n) is 2.53. The largest absolute Gasteiger partial charge is 0.389 e. The molecular formula is C12H26N2O2. The molecule has 0 saturated heterocycles. The number of methoxy groups -OCH3 is 1. The van der Waals surface area contributed by atoms with Gasteiger partial charge in [0, 0.05) is 25.7 Å². The van der Waals surface area contributed by atoms with Gasteiger partial charge in [-0.3, -0.25) is 0 Å². The summed E-state index contributed by atoms with van der Waals surface area (Å²) in [7, 11) is 5.77. The fraction of sp³-hybridized carbons (Fsp3) is 1.00. The highest BCUT2D eigenvalue weighted by Crippen LogP contribution is 2.22. The maximum Gasteiger partial charge on any atom is 0.0900 e. The zero-order valence-corrected chi connectivity index (χ0v) is 10.8. The third-order valence-corrected chi connectivity index (χ3v) is 3.59. The van der Waals surface area contributed by atoms with Gasteiger partial charge in [-0.25, -0.2) is 0 Å². The number of nitrogens with zero attached hydrogens (tertiary/aromatic N) is 1. The topological polar surface area (TPSA) is 44.7 Å². The Balaban J connectivity index is 2.24. The molecule has 2 N–H and O–H groups in total. The Kier molecular flexibility index (Phi) is 6.28. The SMILES string of the molecule is CNC1CCC(N(C)CC(O)COC)CC1. The van der Waals surface area contributed by atoms with Crippen LogP contribution in [0.4, 0.5) is 0 Å². The maximum absolute atomic E-state index is 9.67. The summed E-state index contributed by atoms with van der Waals surface area (Å²) in [5, 5.41) is 13.0. The Morgan fingerprint density at radius 2 is 2.00 bits per heavy atom. The highest BCUT2D eigenvalue weighted by atomic mass is 16.5. The molecule has 1 aliphatic carbocycles. The lowest BCUT2D eigenvalue weighted by atomic mass is 9.90. The van der Waals surface area contributed by atoms with Crippen molar-refractivity contribution in [3.8, 4) is 0 Å². The lowest BCUT2D eigenvalue weighted by molar-refractivity contribution is 0.0288. The molecule has 1 rings (SSSR count). The van der Waals surface area contributed by atoms with Gasteiger partial charge in [0.25, 0.3) is 0 Å². The van der Waals surface area contributed by atoms with Crippen molar-refractivity contribution >= 4 is 0 Å². The van der Waals surface area contributed by atoms with Crippen molar-refractivity contribution in [1.82, 2.24) is 10.2 Å². The molecule has 1 saturated carbocycles. The third-order valence-electron chi connectivity index (χ3n) is 3.59. The van der Waals surface area contributed by atoms with E-state index >= 15 is 0 Å². The molecule has 0 heterocycles. The van der Waals surface area contributed by atoms with Crippen LogP contribution < -0.4 is 5.32 Å². The number of ether oxygens (including phenoxy) is 1. The first-order valence-electron chi connectivity index (χ1n) is 6.21. The molecule has 1 atom stereocenters. The van der Waals surface area contributed by atoms with Crippen LogP contribution >= 0.6 is 0 Å². The van der Waals surface area contributed by atoms with Crippen molar-refractivity contribution in [2.24, 2.45) is 0 Å². The lowest BCUT2D eigenvalue weighted by Gasteiger charge is -2.35. The average molecular weight is 230 g/mol. The number of rotatable bonds is 6. The van der Waals surface area contributed by atoms with E-state index in [1.165, 1.54) is 25.7 Å². The van der Waals surface area contributed by atoms with E-state index in [0.29, 0.717) is 25.2 Å².